The third-order valence-electron chi connectivity index (χ3n) is 12.6. The Morgan fingerprint density at radius 1 is 0.344 bits per heavy atom. The van der Waals surface area contributed by atoms with Gasteiger partial charge in [0.2, 0.25) is 0 Å². The molecular formula is C59H36N4O. The van der Waals surface area contributed by atoms with Crippen molar-refractivity contribution in [2.45, 2.75) is 0 Å². The lowest BCUT2D eigenvalue weighted by atomic mass is 9.89. The number of pyridine rings is 1. The van der Waals surface area contributed by atoms with Crippen LogP contribution in [0.3, 0.4) is 0 Å². The van der Waals surface area contributed by atoms with Gasteiger partial charge >= 0.3 is 0 Å². The molecule has 298 valence electrons. The lowest BCUT2D eigenvalue weighted by molar-refractivity contribution is 0.669. The molecule has 0 aliphatic heterocycles. The third-order valence-corrected chi connectivity index (χ3v) is 12.6. The highest BCUT2D eigenvalue weighted by atomic mass is 16.3. The van der Waals surface area contributed by atoms with E-state index in [1.165, 1.54) is 21.8 Å². The molecule has 0 bridgehead atoms. The normalized spacial score (nSPS) is 11.8. The molecule has 64 heavy (non-hydrogen) atoms. The van der Waals surface area contributed by atoms with Crippen LogP contribution in [0, 0.1) is 0 Å². The quantitative estimate of drug-likeness (QED) is 0.157. The van der Waals surface area contributed by atoms with Crippen molar-refractivity contribution in [3.8, 4) is 62.0 Å². The maximum Gasteiger partial charge on any atom is 0.160 e. The van der Waals surface area contributed by atoms with E-state index < -0.39 is 0 Å². The number of aromatic nitrogens is 4. The average molecular weight is 817 g/mol. The monoisotopic (exact) mass is 816 g/mol. The molecule has 5 heteroatoms. The van der Waals surface area contributed by atoms with Crippen molar-refractivity contribution in [2.75, 3.05) is 0 Å². The van der Waals surface area contributed by atoms with Crippen molar-refractivity contribution in [1.82, 2.24) is 19.5 Å². The molecule has 0 aliphatic carbocycles. The van der Waals surface area contributed by atoms with Crippen molar-refractivity contribution < 1.29 is 4.42 Å². The fourth-order valence-corrected chi connectivity index (χ4v) is 9.69. The molecule has 0 saturated heterocycles. The molecule has 0 unspecified atom stereocenters. The molecule has 13 aromatic rings. The van der Waals surface area contributed by atoms with Gasteiger partial charge in [-0.3, -0.25) is 0 Å². The zero-order chi connectivity index (χ0) is 42.1. The van der Waals surface area contributed by atoms with Crippen LogP contribution in [0.2, 0.25) is 0 Å². The highest BCUT2D eigenvalue weighted by molar-refractivity contribution is 6.27. The largest absolute Gasteiger partial charge is 0.456 e. The fraction of sp³-hybridized carbons (Fsp3) is 0. The maximum atomic E-state index is 6.66. The van der Waals surface area contributed by atoms with E-state index >= 15 is 0 Å². The van der Waals surface area contributed by atoms with Gasteiger partial charge in [-0.05, 0) is 54.1 Å². The summed E-state index contributed by atoms with van der Waals surface area (Å²) >= 11 is 0. The second kappa shape index (κ2) is 14.5. The molecule has 5 nitrogen and oxygen atoms in total. The smallest absolute Gasteiger partial charge is 0.160 e. The molecule has 4 heterocycles. The van der Waals surface area contributed by atoms with Crippen LogP contribution >= 0.6 is 0 Å². The highest BCUT2D eigenvalue weighted by Crippen LogP contribution is 2.46. The van der Waals surface area contributed by atoms with E-state index in [2.05, 4.69) is 193 Å². The molecule has 4 aromatic heterocycles. The van der Waals surface area contributed by atoms with E-state index in [0.717, 1.165) is 99.8 Å². The number of furan rings is 1. The van der Waals surface area contributed by atoms with E-state index in [4.69, 9.17) is 19.4 Å². The van der Waals surface area contributed by atoms with E-state index in [9.17, 15) is 0 Å². The topological polar surface area (TPSA) is 56.7 Å². The van der Waals surface area contributed by atoms with Crippen LogP contribution in [-0.4, -0.2) is 19.5 Å². The predicted molar refractivity (Wildman–Crippen MR) is 264 cm³/mol. The van der Waals surface area contributed by atoms with Crippen LogP contribution in [-0.2, 0) is 0 Å². The Hall–Kier alpha value is -8.67. The van der Waals surface area contributed by atoms with Crippen LogP contribution in [0.15, 0.2) is 223 Å². The molecule has 0 spiro atoms. The Morgan fingerprint density at radius 3 is 1.66 bits per heavy atom. The number of rotatable bonds is 6. The van der Waals surface area contributed by atoms with Gasteiger partial charge in [-0.2, -0.15) is 0 Å². The lowest BCUT2D eigenvalue weighted by Gasteiger charge is -2.16. The second-order valence-corrected chi connectivity index (χ2v) is 16.3. The summed E-state index contributed by atoms with van der Waals surface area (Å²) < 4.78 is 9.01. The number of para-hydroxylation sites is 4. The van der Waals surface area contributed by atoms with Crippen molar-refractivity contribution in [3.63, 3.8) is 0 Å². The van der Waals surface area contributed by atoms with E-state index in [1.807, 2.05) is 30.3 Å². The number of nitrogens with zero attached hydrogens (tertiary/aromatic N) is 4. The van der Waals surface area contributed by atoms with Crippen LogP contribution in [0.5, 0.6) is 0 Å². The maximum absolute atomic E-state index is 6.66. The molecule has 0 fully saturated rings. The fourth-order valence-electron chi connectivity index (χ4n) is 9.69. The first kappa shape index (κ1) is 36.0. The van der Waals surface area contributed by atoms with E-state index in [0.29, 0.717) is 5.82 Å². The zero-order valence-corrected chi connectivity index (χ0v) is 34.5. The first-order valence-electron chi connectivity index (χ1n) is 21.6. The number of benzene rings is 9. The Kier molecular flexibility index (Phi) is 8.15. The molecule has 0 atom stereocenters. The first-order valence-corrected chi connectivity index (χ1v) is 21.6. The minimum atomic E-state index is 0.674. The Labute approximate surface area is 368 Å². The Balaban J connectivity index is 1.00. The molecule has 0 aliphatic rings. The summed E-state index contributed by atoms with van der Waals surface area (Å²) in [6.07, 6.45) is 0. The van der Waals surface area contributed by atoms with Crippen LogP contribution in [0.1, 0.15) is 0 Å². The molecule has 0 N–H and O–H groups in total. The van der Waals surface area contributed by atoms with Crippen molar-refractivity contribution in [1.29, 1.82) is 0 Å². The summed E-state index contributed by atoms with van der Waals surface area (Å²) in [6.45, 7) is 0. The van der Waals surface area contributed by atoms with Gasteiger partial charge in [-0.15, -0.1) is 0 Å². The number of fused-ring (bicyclic) bond motifs is 9. The summed E-state index contributed by atoms with van der Waals surface area (Å²) in [7, 11) is 0. The van der Waals surface area contributed by atoms with Crippen molar-refractivity contribution in [3.05, 3.63) is 218 Å². The predicted octanol–water partition coefficient (Wildman–Crippen LogP) is 15.5. The SMILES string of the molecule is c1ccc(-c2nc(-c3ccc(-c4c5c(cc6c(-c7ccccc7)nc7ccccc7c46)oc4ccccc45)cc3)cc(-c3cccc(-n4c5ccccc5c5ccccc54)c3)n2)cc1. The molecule has 0 saturated carbocycles. The Morgan fingerprint density at radius 2 is 0.922 bits per heavy atom. The third kappa shape index (κ3) is 5.75. The van der Waals surface area contributed by atoms with Crippen molar-refractivity contribution >= 4 is 65.4 Å². The summed E-state index contributed by atoms with van der Waals surface area (Å²) in [5.41, 5.74) is 14.9. The summed E-state index contributed by atoms with van der Waals surface area (Å²) in [6, 6.07) is 76.6. The minimum absolute atomic E-state index is 0.674. The molecule has 0 amide bonds. The lowest BCUT2D eigenvalue weighted by Crippen LogP contribution is -1.98. The van der Waals surface area contributed by atoms with Gasteiger partial charge in [0.05, 0.1) is 33.6 Å². The summed E-state index contributed by atoms with van der Waals surface area (Å²) in [5, 5.41) is 7.92. The van der Waals surface area contributed by atoms with Gasteiger partial charge in [0, 0.05) is 71.2 Å². The van der Waals surface area contributed by atoms with Gasteiger partial charge < -0.3 is 8.98 Å². The van der Waals surface area contributed by atoms with Crippen LogP contribution in [0.4, 0.5) is 0 Å². The van der Waals surface area contributed by atoms with Gasteiger partial charge in [-0.1, -0.05) is 170 Å². The standard InChI is InChI=1S/C59H36N4O/c1-3-16-39(17-4-1)58-47-35-54-57(46-25-10-14-29-53(46)64-54)55(56(47)45-24-7-11-26-48(45)60-58)38-32-30-37(31-33-38)49-36-50(62-59(61-49)40-18-5-2-6-19-40)41-20-15-21-42(34-41)63-51-27-12-8-22-43(51)44-23-9-13-28-52(44)63/h1-36H. The summed E-state index contributed by atoms with van der Waals surface area (Å²) in [4.78, 5) is 15.7. The van der Waals surface area contributed by atoms with E-state index in [1.54, 1.807) is 0 Å². The molecule has 9 aromatic carbocycles. The molecule has 13 rings (SSSR count). The first-order chi connectivity index (χ1) is 31.7. The van der Waals surface area contributed by atoms with Gasteiger partial charge in [-0.25, -0.2) is 15.0 Å². The summed E-state index contributed by atoms with van der Waals surface area (Å²) in [5.74, 6) is 0.674. The van der Waals surface area contributed by atoms with Crippen LogP contribution in [0.25, 0.3) is 127 Å². The van der Waals surface area contributed by atoms with Gasteiger partial charge in [0.1, 0.15) is 11.2 Å². The Bertz CT molecular complexity index is 3890. The van der Waals surface area contributed by atoms with Crippen LogP contribution < -0.4 is 0 Å². The zero-order valence-electron chi connectivity index (χ0n) is 34.5. The van der Waals surface area contributed by atoms with E-state index in [-0.39, 0.29) is 0 Å². The van der Waals surface area contributed by atoms with Gasteiger partial charge in [0.15, 0.2) is 5.82 Å². The second-order valence-electron chi connectivity index (χ2n) is 16.3. The number of hydrogen-bond donors (Lipinski definition) is 0. The number of hydrogen-bond acceptors (Lipinski definition) is 4. The van der Waals surface area contributed by atoms with Crippen molar-refractivity contribution in [2.24, 2.45) is 0 Å². The average Bonchev–Trinajstić information content (AvgIpc) is 3.92. The van der Waals surface area contributed by atoms with Gasteiger partial charge in [0.25, 0.3) is 0 Å². The molecule has 0 radical (unpaired) electrons. The molecular weight excluding hydrogens is 781 g/mol. The highest BCUT2D eigenvalue weighted by Gasteiger charge is 2.22. The minimum Gasteiger partial charge on any atom is -0.456 e.